The van der Waals surface area contributed by atoms with E-state index in [4.69, 9.17) is 5.73 Å². The van der Waals surface area contributed by atoms with Crippen molar-refractivity contribution in [2.45, 2.75) is 18.9 Å². The van der Waals surface area contributed by atoms with E-state index >= 15 is 0 Å². The molecular formula is C27H27N7O2. The van der Waals surface area contributed by atoms with E-state index in [1.807, 2.05) is 72.4 Å². The van der Waals surface area contributed by atoms with Crippen molar-refractivity contribution in [2.75, 3.05) is 18.0 Å². The Morgan fingerprint density at radius 2 is 1.75 bits per heavy atom. The van der Waals surface area contributed by atoms with Crippen molar-refractivity contribution in [3.05, 3.63) is 90.0 Å². The number of anilines is 1. The maximum Gasteiger partial charge on any atom is 0.343 e. The van der Waals surface area contributed by atoms with Gasteiger partial charge in [0.2, 0.25) is 5.78 Å². The lowest BCUT2D eigenvalue weighted by molar-refractivity contribution is 0.103. The molecule has 0 radical (unpaired) electrons. The summed E-state index contributed by atoms with van der Waals surface area (Å²) in [7, 11) is 1.93. The summed E-state index contributed by atoms with van der Waals surface area (Å²) in [6.07, 6.45) is 4.73. The van der Waals surface area contributed by atoms with Gasteiger partial charge in [-0.2, -0.15) is 4.99 Å². The van der Waals surface area contributed by atoms with Gasteiger partial charge in [0.05, 0.1) is 0 Å². The first kappa shape index (κ1) is 23.2. The summed E-state index contributed by atoms with van der Waals surface area (Å²) < 4.78 is 1.95. The number of ketones is 1. The van der Waals surface area contributed by atoms with Gasteiger partial charge in [0, 0.05) is 60.5 Å². The summed E-state index contributed by atoms with van der Waals surface area (Å²) >= 11 is 0. The molecule has 0 spiro atoms. The SMILES string of the molecule is Cn1cc(C(=O)c2cc(N3CCC(NC(=O)/N=C(\N)c4ccccc4)CC3)ncn2)c2ccccc21. The summed E-state index contributed by atoms with van der Waals surface area (Å²) in [5, 5.41) is 3.84. The monoisotopic (exact) mass is 481 g/mol. The Kier molecular flexibility index (Phi) is 6.44. The summed E-state index contributed by atoms with van der Waals surface area (Å²) in [4.78, 5) is 40.4. The average molecular weight is 482 g/mol. The van der Waals surface area contributed by atoms with Gasteiger partial charge in [0.15, 0.2) is 0 Å². The smallest absolute Gasteiger partial charge is 0.343 e. The molecule has 9 nitrogen and oxygen atoms in total. The Hall–Kier alpha value is -4.53. The molecule has 0 saturated carbocycles. The summed E-state index contributed by atoms with van der Waals surface area (Å²) in [5.74, 6) is 0.756. The van der Waals surface area contributed by atoms with Crippen molar-refractivity contribution in [1.82, 2.24) is 19.9 Å². The summed E-state index contributed by atoms with van der Waals surface area (Å²) in [6, 6.07) is 18.3. The van der Waals surface area contributed by atoms with E-state index in [1.54, 1.807) is 6.07 Å². The Balaban J connectivity index is 1.23. The maximum absolute atomic E-state index is 13.3. The molecule has 3 heterocycles. The molecule has 4 aromatic rings. The zero-order valence-electron chi connectivity index (χ0n) is 20.0. The average Bonchev–Trinajstić information content (AvgIpc) is 3.25. The molecule has 2 amide bonds. The van der Waals surface area contributed by atoms with Gasteiger partial charge >= 0.3 is 6.03 Å². The molecule has 9 heteroatoms. The van der Waals surface area contributed by atoms with Gasteiger partial charge in [-0.15, -0.1) is 0 Å². The number of aromatic nitrogens is 3. The zero-order valence-corrected chi connectivity index (χ0v) is 20.0. The number of benzene rings is 2. The van der Waals surface area contributed by atoms with Gasteiger partial charge in [0.1, 0.15) is 23.7 Å². The Labute approximate surface area is 208 Å². The number of fused-ring (bicyclic) bond motifs is 1. The van der Waals surface area contributed by atoms with E-state index in [0.717, 1.165) is 23.7 Å². The van der Waals surface area contributed by atoms with Crippen molar-refractivity contribution in [3.63, 3.8) is 0 Å². The largest absolute Gasteiger partial charge is 0.383 e. The van der Waals surface area contributed by atoms with Crippen molar-refractivity contribution in [2.24, 2.45) is 17.8 Å². The molecule has 2 aromatic carbocycles. The minimum atomic E-state index is -0.445. The molecule has 1 fully saturated rings. The number of hydrogen-bond acceptors (Lipinski definition) is 5. The van der Waals surface area contributed by atoms with E-state index in [9.17, 15) is 9.59 Å². The lowest BCUT2D eigenvalue weighted by atomic mass is 10.0. The number of hydrogen-bond donors (Lipinski definition) is 2. The summed E-state index contributed by atoms with van der Waals surface area (Å²) in [6.45, 7) is 1.36. The predicted octanol–water partition coefficient (Wildman–Crippen LogP) is 3.28. The van der Waals surface area contributed by atoms with Crippen LogP contribution in [-0.2, 0) is 7.05 Å². The molecule has 182 valence electrons. The van der Waals surface area contributed by atoms with E-state index in [1.165, 1.54) is 6.33 Å². The molecule has 0 unspecified atom stereocenters. The van der Waals surface area contributed by atoms with Gasteiger partial charge in [-0.25, -0.2) is 14.8 Å². The van der Waals surface area contributed by atoms with Crippen molar-refractivity contribution in [3.8, 4) is 0 Å². The van der Waals surface area contributed by atoms with E-state index in [2.05, 4.69) is 25.2 Å². The number of aryl methyl sites for hydroxylation is 1. The second kappa shape index (κ2) is 9.99. The number of nitrogens with two attached hydrogens (primary N) is 1. The molecule has 0 atom stereocenters. The van der Waals surface area contributed by atoms with Gasteiger partial charge in [0.25, 0.3) is 0 Å². The molecule has 0 aliphatic carbocycles. The Morgan fingerprint density at radius 1 is 1.03 bits per heavy atom. The number of para-hydroxylation sites is 1. The van der Waals surface area contributed by atoms with Crippen LogP contribution < -0.4 is 16.0 Å². The molecule has 1 saturated heterocycles. The number of piperidine rings is 1. The van der Waals surface area contributed by atoms with Crippen LogP contribution in [0.4, 0.5) is 10.6 Å². The quantitative estimate of drug-likeness (QED) is 0.257. The molecular weight excluding hydrogens is 454 g/mol. The highest BCUT2D eigenvalue weighted by Gasteiger charge is 2.23. The molecule has 0 bridgehead atoms. The molecule has 1 aliphatic rings. The van der Waals surface area contributed by atoms with Crippen LogP contribution >= 0.6 is 0 Å². The highest BCUT2D eigenvalue weighted by atomic mass is 16.2. The minimum Gasteiger partial charge on any atom is -0.383 e. The fourth-order valence-corrected chi connectivity index (χ4v) is 4.55. The van der Waals surface area contributed by atoms with E-state index in [-0.39, 0.29) is 17.7 Å². The molecule has 5 rings (SSSR count). The maximum atomic E-state index is 13.3. The second-order valence-electron chi connectivity index (χ2n) is 8.84. The third-order valence-corrected chi connectivity index (χ3v) is 6.46. The number of carbonyl (C=O) groups excluding carboxylic acids is 2. The predicted molar refractivity (Wildman–Crippen MR) is 139 cm³/mol. The van der Waals surface area contributed by atoms with Crippen LogP contribution in [0, 0.1) is 0 Å². The first-order chi connectivity index (χ1) is 17.5. The van der Waals surface area contributed by atoms with Crippen molar-refractivity contribution >= 4 is 34.4 Å². The third kappa shape index (κ3) is 4.81. The number of aliphatic imine (C=N–C) groups is 1. The normalized spacial score (nSPS) is 14.7. The fraction of sp³-hybridized carbons (Fsp3) is 0.222. The Bertz CT molecular complexity index is 1440. The first-order valence-electron chi connectivity index (χ1n) is 11.9. The standard InChI is InChI=1S/C27H27N7O2/c1-33-16-21(20-9-5-6-10-23(20)33)25(35)22-15-24(30-17-29-22)34-13-11-19(12-14-34)31-27(36)32-26(28)18-7-3-2-4-8-18/h2-10,15-17,19H,11-14H2,1H3,(H3,28,31,32,36). The number of carbonyl (C=O) groups is 2. The Morgan fingerprint density at radius 3 is 2.53 bits per heavy atom. The first-order valence-corrected chi connectivity index (χ1v) is 11.9. The van der Waals surface area contributed by atoms with Crippen LogP contribution in [0.5, 0.6) is 0 Å². The van der Waals surface area contributed by atoms with E-state index < -0.39 is 6.03 Å². The molecule has 36 heavy (non-hydrogen) atoms. The lowest BCUT2D eigenvalue weighted by Crippen LogP contribution is -2.44. The van der Waals surface area contributed by atoms with Crippen LogP contribution in [-0.4, -0.2) is 51.3 Å². The van der Waals surface area contributed by atoms with Crippen LogP contribution in [0.3, 0.4) is 0 Å². The lowest BCUT2D eigenvalue weighted by Gasteiger charge is -2.32. The number of urea groups is 1. The minimum absolute atomic E-state index is 0.0142. The van der Waals surface area contributed by atoms with Crippen LogP contribution in [0.2, 0.25) is 0 Å². The fourth-order valence-electron chi connectivity index (χ4n) is 4.55. The molecule has 1 aliphatic heterocycles. The van der Waals surface area contributed by atoms with Crippen molar-refractivity contribution in [1.29, 1.82) is 0 Å². The number of rotatable bonds is 5. The number of amidine groups is 1. The highest BCUT2D eigenvalue weighted by molar-refractivity contribution is 6.15. The van der Waals surface area contributed by atoms with Gasteiger partial charge < -0.3 is 20.5 Å². The number of nitrogens with zero attached hydrogens (tertiary/aromatic N) is 5. The number of nitrogens with one attached hydrogen (secondary N) is 1. The number of amides is 2. The van der Waals surface area contributed by atoms with Crippen LogP contribution in [0.1, 0.15) is 34.5 Å². The van der Waals surface area contributed by atoms with Crippen molar-refractivity contribution < 1.29 is 9.59 Å². The molecule has 2 aromatic heterocycles. The zero-order chi connectivity index (χ0) is 25.1. The van der Waals surface area contributed by atoms with Gasteiger partial charge in [-0.1, -0.05) is 48.5 Å². The topological polar surface area (TPSA) is 118 Å². The van der Waals surface area contributed by atoms with E-state index in [0.29, 0.717) is 35.7 Å². The van der Waals surface area contributed by atoms with Crippen LogP contribution in [0.15, 0.2) is 78.2 Å². The van der Waals surface area contributed by atoms with Crippen LogP contribution in [0.25, 0.3) is 10.9 Å². The van der Waals surface area contributed by atoms with Gasteiger partial charge in [-0.3, -0.25) is 4.79 Å². The summed E-state index contributed by atoms with van der Waals surface area (Å²) in [5.41, 5.74) is 8.63. The molecule has 3 N–H and O–H groups in total. The van der Waals surface area contributed by atoms with Gasteiger partial charge in [-0.05, 0) is 18.9 Å². The highest BCUT2D eigenvalue weighted by Crippen LogP contribution is 2.24. The second-order valence-corrected chi connectivity index (χ2v) is 8.84. The third-order valence-electron chi connectivity index (χ3n) is 6.46.